The van der Waals surface area contributed by atoms with E-state index in [1.165, 1.54) is 4.90 Å². The number of imide groups is 1. The van der Waals surface area contributed by atoms with E-state index < -0.39 is 0 Å². The zero-order valence-electron chi connectivity index (χ0n) is 15.7. The minimum atomic E-state index is -0.301. The van der Waals surface area contributed by atoms with Gasteiger partial charge in [-0.2, -0.15) is 0 Å². The van der Waals surface area contributed by atoms with Gasteiger partial charge in [0, 0.05) is 12.2 Å². The number of amides is 2. The van der Waals surface area contributed by atoms with Crippen molar-refractivity contribution in [1.29, 1.82) is 0 Å². The van der Waals surface area contributed by atoms with Crippen molar-refractivity contribution in [2.75, 3.05) is 24.7 Å². The molecule has 1 aliphatic carbocycles. The van der Waals surface area contributed by atoms with Crippen LogP contribution in [0.4, 0.5) is 11.4 Å². The van der Waals surface area contributed by atoms with Crippen LogP contribution in [-0.2, 0) is 9.59 Å². The Labute approximate surface area is 162 Å². The molecule has 0 N–H and O–H groups in total. The van der Waals surface area contributed by atoms with Crippen LogP contribution in [0.25, 0.3) is 0 Å². The molecule has 4 unspecified atom stereocenters. The van der Waals surface area contributed by atoms with Crippen LogP contribution in [0.15, 0.2) is 30.4 Å². The van der Waals surface area contributed by atoms with Crippen LogP contribution in [0.2, 0.25) is 5.02 Å². The average Bonchev–Trinajstić information content (AvgIpc) is 2.87. The van der Waals surface area contributed by atoms with Crippen LogP contribution >= 0.6 is 20.3 Å². The first-order chi connectivity index (χ1) is 12.4. The molecule has 3 rings (SSSR count). The summed E-state index contributed by atoms with van der Waals surface area (Å²) in [7, 11) is 2.87. The normalized spacial score (nSPS) is 25.2. The van der Waals surface area contributed by atoms with Gasteiger partial charge in [-0.15, -0.1) is 0 Å². The molecule has 2 aliphatic rings. The fraction of sp³-hybridized carbons (Fsp3) is 0.500. The second kappa shape index (κ2) is 7.80. The summed E-state index contributed by atoms with van der Waals surface area (Å²) in [5.74, 6) is -0.683. The van der Waals surface area contributed by atoms with Gasteiger partial charge in [0.05, 0.1) is 39.8 Å². The highest BCUT2D eigenvalue weighted by Crippen LogP contribution is 2.44. The van der Waals surface area contributed by atoms with E-state index in [1.807, 2.05) is 24.3 Å². The van der Waals surface area contributed by atoms with Gasteiger partial charge in [0.1, 0.15) is 5.02 Å². The van der Waals surface area contributed by atoms with Gasteiger partial charge in [0.25, 0.3) is 0 Å². The van der Waals surface area contributed by atoms with Crippen LogP contribution in [-0.4, -0.2) is 31.6 Å². The van der Waals surface area contributed by atoms with Gasteiger partial charge in [0.2, 0.25) is 11.8 Å². The molecule has 0 aromatic heterocycles. The van der Waals surface area contributed by atoms with Crippen LogP contribution in [0.5, 0.6) is 0 Å². The number of hydrogen-bond donors (Lipinski definition) is 0. The summed E-state index contributed by atoms with van der Waals surface area (Å²) >= 11 is 6.54. The van der Waals surface area contributed by atoms with Crippen LogP contribution in [0.3, 0.4) is 0 Å². The molecule has 1 aromatic rings. The quantitative estimate of drug-likeness (QED) is 0.397. The lowest BCUT2D eigenvalue weighted by Gasteiger charge is -2.34. The van der Waals surface area contributed by atoms with Gasteiger partial charge >= 0.3 is 0 Å². The first-order valence-corrected chi connectivity index (χ1v) is 10.9. The minimum Gasteiger partial charge on any atom is -0.281 e. The van der Waals surface area contributed by atoms with Crippen molar-refractivity contribution in [3.05, 3.63) is 35.4 Å². The summed E-state index contributed by atoms with van der Waals surface area (Å²) in [6, 6.07) is 5.59. The van der Waals surface area contributed by atoms with Crippen LogP contribution in [0.1, 0.15) is 33.1 Å². The Morgan fingerprint density at radius 1 is 1.27 bits per heavy atom. The lowest BCUT2D eigenvalue weighted by atomic mass is 9.86. The number of benzene rings is 1. The minimum absolute atomic E-state index is 0.0692. The van der Waals surface area contributed by atoms with Gasteiger partial charge in [-0.3, -0.25) is 13.8 Å². The highest BCUT2D eigenvalue weighted by Gasteiger charge is 2.47. The topological polar surface area (TPSA) is 37.4 Å². The molecule has 1 aliphatic heterocycles. The maximum atomic E-state index is 12.9. The number of allylic oxidation sites excluding steroid dienone is 1. The fourth-order valence-corrected chi connectivity index (χ4v) is 5.95. The van der Waals surface area contributed by atoms with Gasteiger partial charge in [0.15, 0.2) is 5.69 Å². The molecule has 0 radical (unpaired) electrons. The molecular weight excluding hydrogens is 367 g/mol. The van der Waals surface area contributed by atoms with Crippen molar-refractivity contribution in [1.82, 2.24) is 4.25 Å². The number of halogens is 1. The second-order valence-corrected chi connectivity index (χ2v) is 9.63. The maximum absolute atomic E-state index is 12.9. The van der Waals surface area contributed by atoms with Gasteiger partial charge < -0.3 is 0 Å². The zero-order chi connectivity index (χ0) is 18.9. The van der Waals surface area contributed by atoms with Crippen molar-refractivity contribution < 1.29 is 9.59 Å². The monoisotopic (exact) mass is 393 g/mol. The molecule has 6 heteroatoms. The number of carbonyl (C=O) groups excluding carboxylic acids is 2. The smallest absolute Gasteiger partial charge is 0.241 e. The predicted molar refractivity (Wildman–Crippen MR) is 111 cm³/mol. The molecule has 2 amide bonds. The summed E-state index contributed by atoms with van der Waals surface area (Å²) < 4.78 is 0.739. The van der Waals surface area contributed by atoms with Gasteiger partial charge in [-0.05, 0) is 31.4 Å². The molecule has 0 spiro atoms. The lowest BCUT2D eigenvalue weighted by molar-refractivity contribution is -0.122. The molecule has 4 nitrogen and oxygen atoms in total. The third-order valence-corrected chi connectivity index (χ3v) is 7.16. The molecule has 0 saturated carbocycles. The number of rotatable bonds is 6. The van der Waals surface area contributed by atoms with Gasteiger partial charge in [-0.25, -0.2) is 4.90 Å². The van der Waals surface area contributed by atoms with Gasteiger partial charge in [-0.1, -0.05) is 37.6 Å². The highest BCUT2D eigenvalue weighted by atomic mass is 35.5. The second-order valence-electron chi connectivity index (χ2n) is 7.21. The van der Waals surface area contributed by atoms with E-state index in [2.05, 4.69) is 20.9 Å². The van der Waals surface area contributed by atoms with Crippen LogP contribution in [0, 0.1) is 11.8 Å². The Morgan fingerprint density at radius 3 is 2.69 bits per heavy atom. The zero-order valence-corrected chi connectivity index (χ0v) is 17.4. The number of carbonyl (C=O) groups is 2. The SMILES string of the molecule is CCC[N+](C)(PCC)c1cc(N2C(=O)C3C=CCCC3C2=O)ccc1Cl. The summed E-state index contributed by atoms with van der Waals surface area (Å²) in [6.07, 6.45) is 7.64. The summed E-state index contributed by atoms with van der Waals surface area (Å²) in [5.41, 5.74) is 1.65. The number of quaternary nitrogens is 1. The molecule has 140 valence electrons. The largest absolute Gasteiger partial charge is 0.281 e. The van der Waals surface area contributed by atoms with E-state index >= 15 is 0 Å². The Hall–Kier alpha value is -1.22. The molecule has 1 heterocycles. The maximum Gasteiger partial charge on any atom is 0.241 e. The third kappa shape index (κ3) is 3.35. The number of nitrogens with zero attached hydrogens (tertiary/aromatic N) is 2. The van der Waals surface area contributed by atoms with Crippen molar-refractivity contribution >= 4 is 43.5 Å². The molecule has 0 bridgehead atoms. The molecule has 4 atom stereocenters. The van der Waals surface area contributed by atoms with Crippen LogP contribution < -0.4 is 9.15 Å². The Balaban J connectivity index is 2.01. The number of fused-ring (bicyclic) bond motifs is 1. The summed E-state index contributed by atoms with van der Waals surface area (Å²) in [6.45, 7) is 5.32. The summed E-state index contributed by atoms with van der Waals surface area (Å²) in [5, 5.41) is 0.696. The molecule has 26 heavy (non-hydrogen) atoms. The molecular formula is C20H27ClN2O2P+. The standard InChI is InChI=1S/C20H27ClN2O2P/c1-4-12-23(3,26-5-2)18-13-14(10-11-17(18)21)22-19(24)15-8-6-7-9-16(15)20(22)25/h6,8,10-11,13,15-16,26H,4-5,7,9,12H2,1-3H3/q+1. The van der Waals surface area contributed by atoms with E-state index in [1.54, 1.807) is 6.07 Å². The Bertz CT molecular complexity index is 743. The van der Waals surface area contributed by atoms with Crippen molar-refractivity contribution in [2.24, 2.45) is 11.8 Å². The average molecular weight is 394 g/mol. The lowest BCUT2D eigenvalue weighted by Crippen LogP contribution is -2.38. The number of hydrogen-bond acceptors (Lipinski definition) is 2. The van der Waals surface area contributed by atoms with E-state index in [0.29, 0.717) is 19.4 Å². The highest BCUT2D eigenvalue weighted by molar-refractivity contribution is 7.37. The fourth-order valence-electron chi connectivity index (χ4n) is 4.14. The first kappa shape index (κ1) is 19.5. The van der Waals surface area contributed by atoms with Crippen molar-refractivity contribution in [3.63, 3.8) is 0 Å². The predicted octanol–water partition coefficient (Wildman–Crippen LogP) is 4.76. The first-order valence-electron chi connectivity index (χ1n) is 9.38. The Morgan fingerprint density at radius 2 is 2.04 bits per heavy atom. The van der Waals surface area contributed by atoms with E-state index in [4.69, 9.17) is 11.6 Å². The number of anilines is 1. The van der Waals surface area contributed by atoms with Crippen molar-refractivity contribution in [3.8, 4) is 0 Å². The molecule has 1 saturated heterocycles. The van der Waals surface area contributed by atoms with Crippen molar-refractivity contribution in [2.45, 2.75) is 33.1 Å². The Kier molecular flexibility index (Phi) is 5.86. The van der Waals surface area contributed by atoms with E-state index in [9.17, 15) is 9.59 Å². The van der Waals surface area contributed by atoms with E-state index in [-0.39, 0.29) is 23.7 Å². The molecule has 1 fully saturated rings. The summed E-state index contributed by atoms with van der Waals surface area (Å²) in [4.78, 5) is 27.1. The van der Waals surface area contributed by atoms with E-state index in [0.717, 1.165) is 41.9 Å². The third-order valence-electron chi connectivity index (χ3n) is 5.36. The molecule has 1 aromatic carbocycles.